The molecule has 0 saturated heterocycles. The van der Waals surface area contributed by atoms with Crippen molar-refractivity contribution in [3.8, 4) is 5.75 Å². The standard InChI is InChI=1S/C10H9FN4O3S/c1-5-2-9(6(11)3-8(5)15(16)17)18-4-7-10(12)19-14-13-7/h2-3H,4,12H2,1H3. The van der Waals surface area contributed by atoms with Gasteiger partial charge in [0.1, 0.15) is 17.3 Å². The summed E-state index contributed by atoms with van der Waals surface area (Å²) in [6, 6.07) is 2.09. The van der Waals surface area contributed by atoms with Crippen LogP contribution < -0.4 is 10.5 Å². The summed E-state index contributed by atoms with van der Waals surface area (Å²) in [4.78, 5) is 9.99. The zero-order valence-electron chi connectivity index (χ0n) is 9.79. The lowest BCUT2D eigenvalue weighted by molar-refractivity contribution is -0.385. The number of nitrogens with two attached hydrogens (primary N) is 1. The normalized spacial score (nSPS) is 10.4. The second kappa shape index (κ2) is 5.14. The van der Waals surface area contributed by atoms with Crippen molar-refractivity contribution in [3.63, 3.8) is 0 Å². The third-order valence-electron chi connectivity index (χ3n) is 2.40. The number of nitro benzene ring substituents is 1. The van der Waals surface area contributed by atoms with Crippen LogP contribution in [0.5, 0.6) is 5.75 Å². The number of aryl methyl sites for hydroxylation is 1. The van der Waals surface area contributed by atoms with Gasteiger partial charge in [0.2, 0.25) is 0 Å². The molecule has 0 aliphatic carbocycles. The van der Waals surface area contributed by atoms with Gasteiger partial charge in [-0.25, -0.2) is 4.39 Å². The highest BCUT2D eigenvalue weighted by atomic mass is 32.1. The summed E-state index contributed by atoms with van der Waals surface area (Å²) in [6.45, 7) is 1.46. The number of ether oxygens (including phenoxy) is 1. The Kier molecular flexibility index (Phi) is 3.56. The number of anilines is 1. The van der Waals surface area contributed by atoms with Gasteiger partial charge >= 0.3 is 0 Å². The van der Waals surface area contributed by atoms with Gasteiger partial charge in [-0.2, -0.15) is 0 Å². The molecule has 9 heteroatoms. The quantitative estimate of drug-likeness (QED) is 0.680. The molecule has 7 nitrogen and oxygen atoms in total. The fourth-order valence-corrected chi connectivity index (χ4v) is 1.85. The Labute approximate surface area is 111 Å². The maximum absolute atomic E-state index is 13.6. The first-order valence-corrected chi connectivity index (χ1v) is 5.90. The van der Waals surface area contributed by atoms with Crippen molar-refractivity contribution < 1.29 is 14.1 Å². The molecule has 0 bridgehead atoms. The number of rotatable bonds is 4. The first kappa shape index (κ1) is 13.1. The second-order valence-electron chi connectivity index (χ2n) is 3.70. The van der Waals surface area contributed by atoms with Crippen LogP contribution in [-0.2, 0) is 6.61 Å². The molecule has 0 atom stereocenters. The first-order chi connectivity index (χ1) is 8.99. The van der Waals surface area contributed by atoms with Gasteiger partial charge in [0.05, 0.1) is 11.0 Å². The van der Waals surface area contributed by atoms with Crippen molar-refractivity contribution in [2.75, 3.05) is 5.73 Å². The van der Waals surface area contributed by atoms with Gasteiger partial charge in [-0.3, -0.25) is 10.1 Å². The fourth-order valence-electron chi connectivity index (χ4n) is 1.41. The Morgan fingerprint density at radius 3 is 2.89 bits per heavy atom. The van der Waals surface area contributed by atoms with Gasteiger partial charge in [-0.05, 0) is 13.0 Å². The summed E-state index contributed by atoms with van der Waals surface area (Å²) < 4.78 is 22.4. The van der Waals surface area contributed by atoms with Crippen molar-refractivity contribution >= 4 is 22.2 Å². The van der Waals surface area contributed by atoms with Crippen LogP contribution >= 0.6 is 11.5 Å². The van der Waals surface area contributed by atoms with Crippen molar-refractivity contribution in [1.82, 2.24) is 9.59 Å². The molecule has 1 aromatic heterocycles. The Bertz CT molecular complexity index is 631. The van der Waals surface area contributed by atoms with Gasteiger partial charge in [-0.15, -0.1) is 5.10 Å². The van der Waals surface area contributed by atoms with E-state index in [2.05, 4.69) is 9.59 Å². The number of aromatic nitrogens is 2. The number of nitrogen functional groups attached to an aromatic ring is 1. The largest absolute Gasteiger partial charge is 0.484 e. The topological polar surface area (TPSA) is 104 Å². The summed E-state index contributed by atoms with van der Waals surface area (Å²) in [5, 5.41) is 14.7. The van der Waals surface area contributed by atoms with Gasteiger partial charge in [0.25, 0.3) is 5.69 Å². The molecular formula is C10H9FN4O3S. The molecule has 2 N–H and O–H groups in total. The van der Waals surface area contributed by atoms with Crippen LogP contribution in [0.4, 0.5) is 15.1 Å². The minimum absolute atomic E-state index is 0.0451. The molecule has 100 valence electrons. The molecule has 0 radical (unpaired) electrons. The van der Waals surface area contributed by atoms with E-state index in [1.165, 1.54) is 13.0 Å². The Balaban J connectivity index is 2.20. The summed E-state index contributed by atoms with van der Waals surface area (Å²) >= 11 is 1.01. The van der Waals surface area contributed by atoms with E-state index in [0.29, 0.717) is 16.3 Å². The van der Waals surface area contributed by atoms with Crippen LogP contribution in [0.2, 0.25) is 0 Å². The molecule has 1 aromatic carbocycles. The molecule has 0 aliphatic heterocycles. The lowest BCUT2D eigenvalue weighted by atomic mass is 10.2. The number of hydrogen-bond acceptors (Lipinski definition) is 7. The van der Waals surface area contributed by atoms with Crippen molar-refractivity contribution in [2.24, 2.45) is 0 Å². The maximum atomic E-state index is 13.6. The van der Waals surface area contributed by atoms with Gasteiger partial charge < -0.3 is 10.5 Å². The molecule has 0 unspecified atom stereocenters. The first-order valence-electron chi connectivity index (χ1n) is 5.13. The highest BCUT2D eigenvalue weighted by Crippen LogP contribution is 2.28. The van der Waals surface area contributed by atoms with E-state index in [-0.39, 0.29) is 18.0 Å². The molecule has 0 saturated carbocycles. The van der Waals surface area contributed by atoms with E-state index in [1.807, 2.05) is 0 Å². The lowest BCUT2D eigenvalue weighted by Gasteiger charge is -2.07. The highest BCUT2D eigenvalue weighted by molar-refractivity contribution is 7.09. The number of halogens is 1. The molecule has 0 fully saturated rings. The Hall–Kier alpha value is -2.29. The summed E-state index contributed by atoms with van der Waals surface area (Å²) in [6.07, 6.45) is 0. The van der Waals surface area contributed by atoms with E-state index in [4.69, 9.17) is 10.5 Å². The van der Waals surface area contributed by atoms with Gasteiger partial charge in [0.15, 0.2) is 11.6 Å². The minimum Gasteiger partial charge on any atom is -0.484 e. The summed E-state index contributed by atoms with van der Waals surface area (Å²) in [5.74, 6) is -0.894. The van der Waals surface area contributed by atoms with Crippen molar-refractivity contribution in [3.05, 3.63) is 39.3 Å². The van der Waals surface area contributed by atoms with Crippen molar-refractivity contribution in [1.29, 1.82) is 0 Å². The third kappa shape index (κ3) is 2.76. The minimum atomic E-state index is -0.806. The van der Waals surface area contributed by atoms with Crippen LogP contribution in [0.3, 0.4) is 0 Å². The SMILES string of the molecule is Cc1cc(OCc2nnsc2N)c(F)cc1[N+](=O)[O-]. The number of hydrogen-bond donors (Lipinski definition) is 1. The fraction of sp³-hybridized carbons (Fsp3) is 0.200. The van der Waals surface area contributed by atoms with E-state index in [1.54, 1.807) is 0 Å². The third-order valence-corrected chi connectivity index (χ3v) is 2.99. The van der Waals surface area contributed by atoms with Crippen LogP contribution in [-0.4, -0.2) is 14.5 Å². The molecule has 0 aliphatic rings. The zero-order chi connectivity index (χ0) is 14.0. The van der Waals surface area contributed by atoms with Crippen LogP contribution in [0, 0.1) is 22.9 Å². The molecule has 2 rings (SSSR count). The second-order valence-corrected chi connectivity index (χ2v) is 4.48. The van der Waals surface area contributed by atoms with E-state index < -0.39 is 10.7 Å². The predicted octanol–water partition coefficient (Wildman–Crippen LogP) is 2.06. The van der Waals surface area contributed by atoms with E-state index in [0.717, 1.165) is 17.6 Å². The van der Waals surface area contributed by atoms with Crippen LogP contribution in [0.1, 0.15) is 11.3 Å². The molecule has 19 heavy (non-hydrogen) atoms. The number of nitrogens with zero attached hydrogens (tertiary/aromatic N) is 3. The molecular weight excluding hydrogens is 275 g/mol. The Morgan fingerprint density at radius 1 is 1.58 bits per heavy atom. The van der Waals surface area contributed by atoms with Gasteiger partial charge in [-0.1, -0.05) is 4.49 Å². The van der Waals surface area contributed by atoms with E-state index in [9.17, 15) is 14.5 Å². The number of nitro groups is 1. The van der Waals surface area contributed by atoms with E-state index >= 15 is 0 Å². The number of benzene rings is 1. The summed E-state index contributed by atoms with van der Waals surface area (Å²) in [5.41, 5.74) is 5.99. The van der Waals surface area contributed by atoms with Crippen LogP contribution in [0.15, 0.2) is 12.1 Å². The lowest BCUT2D eigenvalue weighted by Crippen LogP contribution is -2.02. The summed E-state index contributed by atoms with van der Waals surface area (Å²) in [7, 11) is 0. The monoisotopic (exact) mass is 284 g/mol. The average Bonchev–Trinajstić information content (AvgIpc) is 2.75. The van der Waals surface area contributed by atoms with Crippen LogP contribution in [0.25, 0.3) is 0 Å². The average molecular weight is 284 g/mol. The highest BCUT2D eigenvalue weighted by Gasteiger charge is 2.17. The molecule has 1 heterocycles. The smallest absolute Gasteiger partial charge is 0.275 e. The molecule has 0 amide bonds. The predicted molar refractivity (Wildman–Crippen MR) is 66.4 cm³/mol. The van der Waals surface area contributed by atoms with Crippen molar-refractivity contribution in [2.45, 2.75) is 13.5 Å². The molecule has 2 aromatic rings. The van der Waals surface area contributed by atoms with Gasteiger partial charge in [0, 0.05) is 17.1 Å². The maximum Gasteiger partial charge on any atom is 0.275 e. The zero-order valence-corrected chi connectivity index (χ0v) is 10.6. The molecule has 0 spiro atoms. The Morgan fingerprint density at radius 2 is 2.32 bits per heavy atom.